The standard InChI is InChI=1S/C23H25N5O4/c1-31-20-13-19(14-21(15-20)32-2)26-8-10-27(11-9-26)23(29)22-12-17(16-24-30)25-28(22)18-6-4-3-5-7-18/h3-7,12-15H,8-11,16H2,1-2H3. The smallest absolute Gasteiger partial charge is 0.272 e. The first kappa shape index (κ1) is 21.4. The third-order valence-corrected chi connectivity index (χ3v) is 5.47. The van der Waals surface area contributed by atoms with Gasteiger partial charge in [0.2, 0.25) is 0 Å². The Morgan fingerprint density at radius 2 is 1.59 bits per heavy atom. The Kier molecular flexibility index (Phi) is 6.34. The van der Waals surface area contributed by atoms with Crippen LogP contribution in [0.1, 0.15) is 16.2 Å². The zero-order valence-corrected chi connectivity index (χ0v) is 18.1. The summed E-state index contributed by atoms with van der Waals surface area (Å²) in [7, 11) is 3.25. The second kappa shape index (κ2) is 9.51. The molecule has 1 aliphatic rings. The van der Waals surface area contributed by atoms with Crippen LogP contribution in [0.2, 0.25) is 0 Å². The predicted octanol–water partition coefficient (Wildman–Crippen LogP) is 3.12. The predicted molar refractivity (Wildman–Crippen MR) is 121 cm³/mol. The lowest BCUT2D eigenvalue weighted by Crippen LogP contribution is -2.49. The van der Waals surface area contributed by atoms with Crippen LogP contribution >= 0.6 is 0 Å². The Bertz CT molecular complexity index is 1070. The van der Waals surface area contributed by atoms with Gasteiger partial charge in [-0.1, -0.05) is 23.4 Å². The molecule has 2 aromatic carbocycles. The number of ether oxygens (including phenoxy) is 2. The van der Waals surface area contributed by atoms with Gasteiger partial charge in [0.25, 0.3) is 5.91 Å². The summed E-state index contributed by atoms with van der Waals surface area (Å²) in [6, 6.07) is 16.8. The molecule has 166 valence electrons. The number of hydrogen-bond donors (Lipinski definition) is 0. The van der Waals surface area contributed by atoms with Crippen molar-refractivity contribution in [2.24, 2.45) is 5.18 Å². The minimum absolute atomic E-state index is 0.0778. The van der Waals surface area contributed by atoms with E-state index in [0.717, 1.165) is 22.9 Å². The number of para-hydroxylation sites is 1. The highest BCUT2D eigenvalue weighted by molar-refractivity contribution is 5.93. The van der Waals surface area contributed by atoms with Gasteiger partial charge in [-0.25, -0.2) is 4.68 Å². The van der Waals surface area contributed by atoms with Crippen LogP contribution in [-0.2, 0) is 6.54 Å². The quantitative estimate of drug-likeness (QED) is 0.530. The Morgan fingerprint density at radius 3 is 2.19 bits per heavy atom. The maximum Gasteiger partial charge on any atom is 0.272 e. The number of aromatic nitrogens is 2. The highest BCUT2D eigenvalue weighted by atomic mass is 16.5. The number of hydrogen-bond acceptors (Lipinski definition) is 7. The largest absolute Gasteiger partial charge is 0.497 e. The van der Waals surface area contributed by atoms with Crippen LogP contribution in [0, 0.1) is 4.91 Å². The van der Waals surface area contributed by atoms with E-state index >= 15 is 0 Å². The van der Waals surface area contributed by atoms with Crippen molar-refractivity contribution >= 4 is 11.6 Å². The van der Waals surface area contributed by atoms with E-state index in [0.29, 0.717) is 37.6 Å². The SMILES string of the molecule is COc1cc(OC)cc(N2CCN(C(=O)c3cc(CN=O)nn3-c3ccccc3)CC2)c1. The van der Waals surface area contributed by atoms with Gasteiger partial charge in [0.1, 0.15) is 23.7 Å². The van der Waals surface area contributed by atoms with Crippen LogP contribution in [0.25, 0.3) is 5.69 Å². The van der Waals surface area contributed by atoms with Crippen molar-refractivity contribution in [1.29, 1.82) is 0 Å². The summed E-state index contributed by atoms with van der Waals surface area (Å²) in [5, 5.41) is 7.34. The molecule has 1 amide bonds. The molecule has 0 radical (unpaired) electrons. The number of nitrogens with zero attached hydrogens (tertiary/aromatic N) is 5. The lowest BCUT2D eigenvalue weighted by molar-refractivity contribution is 0.0737. The third kappa shape index (κ3) is 4.41. The molecule has 0 atom stereocenters. The molecule has 4 rings (SSSR count). The monoisotopic (exact) mass is 435 g/mol. The van der Waals surface area contributed by atoms with E-state index in [1.807, 2.05) is 53.4 Å². The molecule has 1 fully saturated rings. The number of carbonyl (C=O) groups excluding carboxylic acids is 1. The van der Waals surface area contributed by atoms with Crippen LogP contribution in [-0.4, -0.2) is 61.0 Å². The maximum atomic E-state index is 13.4. The maximum absolute atomic E-state index is 13.4. The van der Waals surface area contributed by atoms with E-state index in [2.05, 4.69) is 15.2 Å². The molecule has 9 heteroatoms. The van der Waals surface area contributed by atoms with Crippen LogP contribution < -0.4 is 14.4 Å². The van der Waals surface area contributed by atoms with E-state index < -0.39 is 0 Å². The van der Waals surface area contributed by atoms with Gasteiger partial charge in [0.15, 0.2) is 0 Å². The fourth-order valence-electron chi connectivity index (χ4n) is 3.80. The minimum atomic E-state index is -0.124. The summed E-state index contributed by atoms with van der Waals surface area (Å²) in [6.07, 6.45) is 0. The van der Waals surface area contributed by atoms with Gasteiger partial charge in [0.05, 0.1) is 25.6 Å². The summed E-state index contributed by atoms with van der Waals surface area (Å²) >= 11 is 0. The van der Waals surface area contributed by atoms with Crippen LogP contribution in [0.15, 0.2) is 59.8 Å². The Labute approximate surface area is 186 Å². The van der Waals surface area contributed by atoms with Crippen molar-refractivity contribution in [3.63, 3.8) is 0 Å². The number of anilines is 1. The lowest BCUT2D eigenvalue weighted by Gasteiger charge is -2.36. The molecule has 32 heavy (non-hydrogen) atoms. The van der Waals surface area contributed by atoms with Crippen molar-refractivity contribution in [2.75, 3.05) is 45.3 Å². The van der Waals surface area contributed by atoms with Crippen molar-refractivity contribution < 1.29 is 14.3 Å². The molecule has 0 aliphatic carbocycles. The summed E-state index contributed by atoms with van der Waals surface area (Å²) in [5.41, 5.74) is 2.64. The molecule has 0 bridgehead atoms. The molecule has 9 nitrogen and oxygen atoms in total. The third-order valence-electron chi connectivity index (χ3n) is 5.47. The number of carbonyl (C=O) groups is 1. The zero-order valence-electron chi connectivity index (χ0n) is 18.1. The van der Waals surface area contributed by atoms with Gasteiger partial charge >= 0.3 is 0 Å². The summed E-state index contributed by atoms with van der Waals surface area (Å²) in [6.45, 7) is 2.37. The first-order valence-corrected chi connectivity index (χ1v) is 10.3. The van der Waals surface area contributed by atoms with E-state index in [-0.39, 0.29) is 12.5 Å². The van der Waals surface area contributed by atoms with Crippen LogP contribution in [0.3, 0.4) is 0 Å². The number of amides is 1. The second-order valence-corrected chi connectivity index (χ2v) is 7.41. The number of piperazine rings is 1. The molecule has 1 aliphatic heterocycles. The average molecular weight is 435 g/mol. The fraction of sp³-hybridized carbons (Fsp3) is 0.304. The summed E-state index contributed by atoms with van der Waals surface area (Å²) < 4.78 is 12.3. The molecule has 0 N–H and O–H groups in total. The van der Waals surface area contributed by atoms with Crippen molar-refractivity contribution in [2.45, 2.75) is 6.54 Å². The van der Waals surface area contributed by atoms with E-state index in [1.54, 1.807) is 25.0 Å². The molecule has 0 saturated carbocycles. The first-order chi connectivity index (χ1) is 15.6. The Balaban J connectivity index is 1.52. The molecule has 0 unspecified atom stereocenters. The zero-order chi connectivity index (χ0) is 22.5. The van der Waals surface area contributed by atoms with Crippen LogP contribution in [0.4, 0.5) is 5.69 Å². The second-order valence-electron chi connectivity index (χ2n) is 7.41. The number of nitroso groups, excluding NO2 is 1. The number of benzene rings is 2. The molecular weight excluding hydrogens is 410 g/mol. The molecule has 0 spiro atoms. The molecule has 3 aromatic rings. The fourth-order valence-corrected chi connectivity index (χ4v) is 3.80. The van der Waals surface area contributed by atoms with Gasteiger partial charge in [-0.3, -0.25) is 4.79 Å². The van der Waals surface area contributed by atoms with Crippen molar-refractivity contribution in [3.8, 4) is 17.2 Å². The first-order valence-electron chi connectivity index (χ1n) is 10.3. The Morgan fingerprint density at radius 1 is 0.938 bits per heavy atom. The normalized spacial score (nSPS) is 13.7. The minimum Gasteiger partial charge on any atom is -0.497 e. The number of methoxy groups -OCH3 is 2. The highest BCUT2D eigenvalue weighted by Gasteiger charge is 2.26. The summed E-state index contributed by atoms with van der Waals surface area (Å²) in [5.74, 6) is 1.32. The van der Waals surface area contributed by atoms with Crippen LogP contribution in [0.5, 0.6) is 11.5 Å². The van der Waals surface area contributed by atoms with E-state index in [9.17, 15) is 9.70 Å². The van der Waals surface area contributed by atoms with E-state index in [1.165, 1.54) is 0 Å². The average Bonchev–Trinajstić information content (AvgIpc) is 3.28. The molecule has 2 heterocycles. The van der Waals surface area contributed by atoms with Gasteiger partial charge < -0.3 is 19.3 Å². The van der Waals surface area contributed by atoms with Gasteiger partial charge in [0, 0.05) is 50.1 Å². The Hall–Kier alpha value is -3.88. The topological polar surface area (TPSA) is 89.3 Å². The molecule has 1 aromatic heterocycles. The lowest BCUT2D eigenvalue weighted by atomic mass is 10.2. The van der Waals surface area contributed by atoms with Gasteiger partial charge in [-0.15, -0.1) is 0 Å². The highest BCUT2D eigenvalue weighted by Crippen LogP contribution is 2.29. The summed E-state index contributed by atoms with van der Waals surface area (Å²) in [4.78, 5) is 28.1. The van der Waals surface area contributed by atoms with E-state index in [4.69, 9.17) is 9.47 Å². The van der Waals surface area contributed by atoms with Gasteiger partial charge in [-0.2, -0.15) is 10.0 Å². The van der Waals surface area contributed by atoms with Crippen molar-refractivity contribution in [3.05, 3.63) is 70.9 Å². The molecular formula is C23H25N5O4. The molecule has 1 saturated heterocycles. The van der Waals surface area contributed by atoms with Gasteiger partial charge in [-0.05, 0) is 18.2 Å². The number of rotatable bonds is 7. The van der Waals surface area contributed by atoms with Crippen molar-refractivity contribution in [1.82, 2.24) is 14.7 Å².